The van der Waals surface area contributed by atoms with Gasteiger partial charge in [0.15, 0.2) is 0 Å². The van der Waals surface area contributed by atoms with Crippen LogP contribution in [-0.2, 0) is 22.4 Å². The molecule has 1 aliphatic heterocycles. The summed E-state index contributed by atoms with van der Waals surface area (Å²) in [6, 6.07) is 11.3. The molecule has 4 rings (SSSR count). The van der Waals surface area contributed by atoms with Gasteiger partial charge in [0, 0.05) is 23.7 Å². The summed E-state index contributed by atoms with van der Waals surface area (Å²) in [6.45, 7) is 0.775. The number of rotatable bonds is 7. The molecule has 0 bridgehead atoms. The standard InChI is InChI=1S/C21H20N4O3S/c26-19-7-4-14-11-16(5-6-17(14)25-19)28-10-9-23-20(27)12-15-13-29-21(24-15)18-3-1-2-8-22-18/h1-3,5-6,8,11,13H,4,7,9-10,12H2,(H,23,27)(H,25,26). The van der Waals surface area contributed by atoms with E-state index in [-0.39, 0.29) is 18.2 Å². The normalized spacial score (nSPS) is 12.8. The molecule has 2 N–H and O–H groups in total. The molecule has 1 aromatic carbocycles. The molecule has 1 aliphatic rings. The van der Waals surface area contributed by atoms with E-state index in [4.69, 9.17) is 4.74 Å². The van der Waals surface area contributed by atoms with Crippen LogP contribution in [0, 0.1) is 0 Å². The van der Waals surface area contributed by atoms with Gasteiger partial charge in [0.2, 0.25) is 11.8 Å². The lowest BCUT2D eigenvalue weighted by Crippen LogP contribution is -2.29. The maximum atomic E-state index is 12.1. The number of aromatic nitrogens is 2. The van der Waals surface area contributed by atoms with Crippen LogP contribution in [0.3, 0.4) is 0 Å². The fourth-order valence-electron chi connectivity index (χ4n) is 3.03. The van der Waals surface area contributed by atoms with E-state index >= 15 is 0 Å². The van der Waals surface area contributed by atoms with Crippen molar-refractivity contribution in [3.63, 3.8) is 0 Å². The van der Waals surface area contributed by atoms with Crippen LogP contribution in [0.5, 0.6) is 5.75 Å². The first-order chi connectivity index (χ1) is 14.2. The van der Waals surface area contributed by atoms with Crippen LogP contribution in [0.4, 0.5) is 5.69 Å². The van der Waals surface area contributed by atoms with Gasteiger partial charge in [-0.2, -0.15) is 0 Å². The average Bonchev–Trinajstić information content (AvgIpc) is 3.20. The molecule has 29 heavy (non-hydrogen) atoms. The number of benzene rings is 1. The molecule has 148 valence electrons. The molecule has 8 heteroatoms. The van der Waals surface area contributed by atoms with Gasteiger partial charge in [-0.3, -0.25) is 14.6 Å². The number of fused-ring (bicyclic) bond motifs is 1. The second-order valence-corrected chi connectivity index (χ2v) is 7.46. The van der Waals surface area contributed by atoms with E-state index in [0.717, 1.165) is 33.4 Å². The van der Waals surface area contributed by atoms with Gasteiger partial charge >= 0.3 is 0 Å². The van der Waals surface area contributed by atoms with Crippen molar-refractivity contribution in [3.05, 3.63) is 59.2 Å². The van der Waals surface area contributed by atoms with Crippen molar-refractivity contribution in [2.24, 2.45) is 0 Å². The van der Waals surface area contributed by atoms with Crippen molar-refractivity contribution in [3.8, 4) is 16.5 Å². The number of pyridine rings is 1. The summed E-state index contributed by atoms with van der Waals surface area (Å²) in [5.74, 6) is 0.675. The highest BCUT2D eigenvalue weighted by Crippen LogP contribution is 2.26. The number of nitrogens with zero attached hydrogens (tertiary/aromatic N) is 2. The second-order valence-electron chi connectivity index (χ2n) is 6.60. The predicted molar refractivity (Wildman–Crippen MR) is 111 cm³/mol. The van der Waals surface area contributed by atoms with Gasteiger partial charge in [-0.1, -0.05) is 6.07 Å². The Labute approximate surface area is 172 Å². The van der Waals surface area contributed by atoms with Crippen LogP contribution < -0.4 is 15.4 Å². The minimum atomic E-state index is -0.0976. The van der Waals surface area contributed by atoms with Crippen molar-refractivity contribution in [1.29, 1.82) is 0 Å². The Morgan fingerprint density at radius 2 is 2.17 bits per heavy atom. The zero-order chi connectivity index (χ0) is 20.1. The number of aryl methyl sites for hydroxylation is 1. The fourth-order valence-corrected chi connectivity index (χ4v) is 3.83. The number of carbonyl (C=O) groups is 2. The predicted octanol–water partition coefficient (Wildman–Crippen LogP) is 2.83. The first kappa shape index (κ1) is 19.1. The van der Waals surface area contributed by atoms with Gasteiger partial charge in [0.25, 0.3) is 0 Å². The molecule has 0 saturated heterocycles. The largest absolute Gasteiger partial charge is 0.492 e. The van der Waals surface area contributed by atoms with Crippen molar-refractivity contribution in [2.75, 3.05) is 18.5 Å². The molecule has 0 aliphatic carbocycles. The molecule has 3 heterocycles. The topological polar surface area (TPSA) is 93.2 Å². The molecule has 0 atom stereocenters. The van der Waals surface area contributed by atoms with E-state index in [9.17, 15) is 9.59 Å². The molecule has 2 aromatic heterocycles. The Balaban J connectivity index is 1.22. The molecule has 0 unspecified atom stereocenters. The second kappa shape index (κ2) is 8.83. The third-order valence-electron chi connectivity index (χ3n) is 4.44. The lowest BCUT2D eigenvalue weighted by molar-refractivity contribution is -0.120. The van der Waals surface area contributed by atoms with Gasteiger partial charge in [-0.15, -0.1) is 11.3 Å². The summed E-state index contributed by atoms with van der Waals surface area (Å²) in [4.78, 5) is 32.3. The molecular weight excluding hydrogens is 388 g/mol. The van der Waals surface area contributed by atoms with Gasteiger partial charge in [0.05, 0.1) is 24.4 Å². The van der Waals surface area contributed by atoms with E-state index in [1.807, 2.05) is 41.8 Å². The molecule has 0 fully saturated rings. The van der Waals surface area contributed by atoms with Crippen molar-refractivity contribution in [1.82, 2.24) is 15.3 Å². The summed E-state index contributed by atoms with van der Waals surface area (Å²) in [6.07, 6.45) is 3.15. The number of nitrogens with one attached hydrogen (secondary N) is 2. The number of carbonyl (C=O) groups excluding carboxylic acids is 2. The number of thiazole rings is 1. The van der Waals surface area contributed by atoms with Crippen LogP contribution in [0.25, 0.3) is 10.7 Å². The lowest BCUT2D eigenvalue weighted by atomic mass is 10.0. The Morgan fingerprint density at radius 1 is 1.24 bits per heavy atom. The van der Waals surface area contributed by atoms with Gasteiger partial charge in [-0.05, 0) is 42.3 Å². The molecule has 0 spiro atoms. The average molecular weight is 408 g/mol. The quantitative estimate of drug-likeness (QED) is 0.587. The van der Waals surface area contributed by atoms with Crippen LogP contribution in [0.15, 0.2) is 48.0 Å². The Morgan fingerprint density at radius 3 is 3.03 bits per heavy atom. The van der Waals surface area contributed by atoms with E-state index in [1.54, 1.807) is 6.20 Å². The fraction of sp³-hybridized carbons (Fsp3) is 0.238. The zero-order valence-electron chi connectivity index (χ0n) is 15.7. The highest BCUT2D eigenvalue weighted by atomic mass is 32.1. The third kappa shape index (κ3) is 4.97. The summed E-state index contributed by atoms with van der Waals surface area (Å²) >= 11 is 1.48. The maximum Gasteiger partial charge on any atom is 0.226 e. The van der Waals surface area contributed by atoms with Gasteiger partial charge in [-0.25, -0.2) is 4.98 Å². The highest BCUT2D eigenvalue weighted by Gasteiger charge is 2.15. The van der Waals surface area contributed by atoms with Crippen molar-refractivity contribution < 1.29 is 14.3 Å². The minimum Gasteiger partial charge on any atom is -0.492 e. The van der Waals surface area contributed by atoms with Crippen molar-refractivity contribution >= 4 is 28.8 Å². The smallest absolute Gasteiger partial charge is 0.226 e. The van der Waals surface area contributed by atoms with Crippen LogP contribution in [0.2, 0.25) is 0 Å². The Bertz CT molecular complexity index is 1020. The number of hydrogen-bond donors (Lipinski definition) is 2. The molecule has 0 saturated carbocycles. The molecule has 0 radical (unpaired) electrons. The van der Waals surface area contributed by atoms with Gasteiger partial charge in [0.1, 0.15) is 17.4 Å². The van der Waals surface area contributed by atoms with E-state index < -0.39 is 0 Å². The number of anilines is 1. The Kier molecular flexibility index (Phi) is 5.81. The third-order valence-corrected chi connectivity index (χ3v) is 5.36. The molecule has 7 nitrogen and oxygen atoms in total. The van der Waals surface area contributed by atoms with Crippen LogP contribution in [-0.4, -0.2) is 34.9 Å². The monoisotopic (exact) mass is 408 g/mol. The number of ether oxygens (including phenoxy) is 1. The van der Waals surface area contributed by atoms with E-state index in [0.29, 0.717) is 26.0 Å². The molecule has 2 amide bonds. The van der Waals surface area contributed by atoms with Crippen LogP contribution in [0.1, 0.15) is 17.7 Å². The first-order valence-corrected chi connectivity index (χ1v) is 10.2. The summed E-state index contributed by atoms with van der Waals surface area (Å²) in [5.41, 5.74) is 3.45. The summed E-state index contributed by atoms with van der Waals surface area (Å²) in [7, 11) is 0. The summed E-state index contributed by atoms with van der Waals surface area (Å²) < 4.78 is 5.71. The van der Waals surface area contributed by atoms with E-state index in [1.165, 1.54) is 11.3 Å². The van der Waals surface area contributed by atoms with E-state index in [2.05, 4.69) is 20.6 Å². The SMILES string of the molecule is O=C(Cc1csc(-c2ccccn2)n1)NCCOc1ccc2c(c1)CCC(=O)N2. The zero-order valence-corrected chi connectivity index (χ0v) is 16.5. The number of hydrogen-bond acceptors (Lipinski definition) is 6. The Hall–Kier alpha value is -3.26. The minimum absolute atomic E-state index is 0.0427. The maximum absolute atomic E-state index is 12.1. The molecular formula is C21H20N4O3S. The van der Waals surface area contributed by atoms with Crippen molar-refractivity contribution in [2.45, 2.75) is 19.3 Å². The number of amides is 2. The first-order valence-electron chi connectivity index (χ1n) is 9.35. The van der Waals surface area contributed by atoms with Crippen LogP contribution >= 0.6 is 11.3 Å². The van der Waals surface area contributed by atoms with Gasteiger partial charge < -0.3 is 15.4 Å². The highest BCUT2D eigenvalue weighted by molar-refractivity contribution is 7.13. The molecule has 3 aromatic rings. The lowest BCUT2D eigenvalue weighted by Gasteiger charge is -2.17. The summed E-state index contributed by atoms with van der Waals surface area (Å²) in [5, 5.41) is 8.38.